The highest BCUT2D eigenvalue weighted by atomic mass is 32.1. The van der Waals surface area contributed by atoms with Crippen molar-refractivity contribution in [3.63, 3.8) is 0 Å². The van der Waals surface area contributed by atoms with E-state index in [0.29, 0.717) is 0 Å². The minimum absolute atomic E-state index is 0.107. The van der Waals surface area contributed by atoms with E-state index < -0.39 is 0 Å². The van der Waals surface area contributed by atoms with Gasteiger partial charge in [-0.15, -0.1) is 22.7 Å². The van der Waals surface area contributed by atoms with Crippen LogP contribution in [0.2, 0.25) is 0 Å². The van der Waals surface area contributed by atoms with E-state index in [4.69, 9.17) is 0 Å². The predicted octanol–water partition coefficient (Wildman–Crippen LogP) is 15.7. The lowest BCUT2D eigenvalue weighted by molar-refractivity contribution is 0.660. The minimum atomic E-state index is -0.107. The first kappa shape index (κ1) is 31.6. The minimum Gasteiger partial charge on any atom is -0.309 e. The average Bonchev–Trinajstić information content (AvgIpc) is 3.92. The summed E-state index contributed by atoms with van der Waals surface area (Å²) in [4.78, 5) is 2.56. The van der Waals surface area contributed by atoms with Crippen LogP contribution in [0.5, 0.6) is 0 Å². The molecule has 2 aromatic heterocycles. The molecule has 1 nitrogen and oxygen atoms in total. The van der Waals surface area contributed by atoms with Gasteiger partial charge < -0.3 is 4.90 Å². The van der Waals surface area contributed by atoms with Gasteiger partial charge in [0, 0.05) is 63.2 Å². The Kier molecular flexibility index (Phi) is 6.28. The van der Waals surface area contributed by atoms with Crippen molar-refractivity contribution in [2.75, 3.05) is 4.90 Å². The Morgan fingerprint density at radius 1 is 0.382 bits per heavy atom. The van der Waals surface area contributed by atoms with Crippen LogP contribution in [-0.2, 0) is 10.8 Å². The zero-order valence-electron chi connectivity index (χ0n) is 31.2. The van der Waals surface area contributed by atoms with E-state index in [1.807, 2.05) is 22.7 Å². The molecule has 0 fully saturated rings. The Morgan fingerprint density at radius 2 is 0.909 bits per heavy atom. The molecule has 0 bridgehead atoms. The maximum Gasteiger partial charge on any atom is 0.0640 e. The zero-order chi connectivity index (χ0) is 36.8. The Morgan fingerprint density at radius 3 is 1.56 bits per heavy atom. The van der Waals surface area contributed by atoms with Crippen molar-refractivity contribution < 1.29 is 0 Å². The van der Waals surface area contributed by atoms with Crippen LogP contribution in [0.1, 0.15) is 49.9 Å². The summed E-state index contributed by atoms with van der Waals surface area (Å²) < 4.78 is 5.42. The molecule has 8 aromatic carbocycles. The first-order valence-corrected chi connectivity index (χ1v) is 20.9. The van der Waals surface area contributed by atoms with Gasteiger partial charge in [0.05, 0.1) is 10.4 Å². The molecular formula is C52H37NS2. The van der Waals surface area contributed by atoms with E-state index in [9.17, 15) is 0 Å². The normalized spacial score (nSPS) is 14.8. The molecular weight excluding hydrogens is 703 g/mol. The Bertz CT molecular complexity index is 3170. The summed E-state index contributed by atoms with van der Waals surface area (Å²) in [5, 5.41) is 8.11. The van der Waals surface area contributed by atoms with Gasteiger partial charge in [0.25, 0.3) is 0 Å². The molecule has 10 aromatic rings. The molecule has 12 rings (SSSR count). The lowest BCUT2D eigenvalue weighted by atomic mass is 9.82. The molecule has 0 N–H and O–H groups in total. The van der Waals surface area contributed by atoms with Crippen molar-refractivity contribution in [2.24, 2.45) is 0 Å². The van der Waals surface area contributed by atoms with Crippen molar-refractivity contribution in [1.29, 1.82) is 0 Å². The fraction of sp³-hybridized carbons (Fsp3) is 0.115. The number of thiophene rings is 2. The maximum absolute atomic E-state index is 2.56. The molecule has 0 saturated heterocycles. The second kappa shape index (κ2) is 10.9. The first-order valence-electron chi connectivity index (χ1n) is 19.3. The molecule has 55 heavy (non-hydrogen) atoms. The second-order valence-electron chi connectivity index (χ2n) is 16.4. The van der Waals surface area contributed by atoms with Gasteiger partial charge in [-0.1, -0.05) is 143 Å². The summed E-state index contributed by atoms with van der Waals surface area (Å²) in [7, 11) is 0. The first-order chi connectivity index (χ1) is 26.8. The Labute approximate surface area is 328 Å². The van der Waals surface area contributed by atoms with E-state index in [1.54, 1.807) is 0 Å². The molecule has 262 valence electrons. The molecule has 2 heterocycles. The van der Waals surface area contributed by atoms with Crippen molar-refractivity contribution in [3.8, 4) is 22.3 Å². The van der Waals surface area contributed by atoms with Gasteiger partial charge in [0.15, 0.2) is 0 Å². The van der Waals surface area contributed by atoms with Crippen LogP contribution < -0.4 is 4.90 Å². The molecule has 2 aliphatic carbocycles. The lowest BCUT2D eigenvalue weighted by Gasteiger charge is -2.30. The van der Waals surface area contributed by atoms with E-state index >= 15 is 0 Å². The SMILES string of the molecule is CC1(C)c2ccccc2-c2ccc(N(c3ccc4c(c3)C(C)(C)c3ccccc3-4)c3cccc4c3sc3c5ccccc5c5c6ccccc6sc5c43)cc21. The molecule has 0 amide bonds. The van der Waals surface area contributed by atoms with Crippen molar-refractivity contribution in [3.05, 3.63) is 174 Å². The molecule has 0 atom stereocenters. The van der Waals surface area contributed by atoms with E-state index in [1.165, 1.54) is 113 Å². The molecule has 0 unspecified atom stereocenters. The number of fused-ring (bicyclic) bond motifs is 16. The van der Waals surface area contributed by atoms with Gasteiger partial charge in [-0.05, 0) is 86.3 Å². The zero-order valence-corrected chi connectivity index (χ0v) is 32.8. The highest BCUT2D eigenvalue weighted by Gasteiger charge is 2.38. The van der Waals surface area contributed by atoms with Gasteiger partial charge in [0.2, 0.25) is 0 Å². The third-order valence-corrected chi connectivity index (χ3v) is 15.3. The summed E-state index contributed by atoms with van der Waals surface area (Å²) in [5.41, 5.74) is 14.3. The third kappa shape index (κ3) is 4.12. The molecule has 0 spiro atoms. The quantitative estimate of drug-likeness (QED) is 0.174. The third-order valence-electron chi connectivity index (χ3n) is 12.8. The van der Waals surface area contributed by atoms with Crippen LogP contribution in [0, 0.1) is 0 Å². The van der Waals surface area contributed by atoms with Gasteiger partial charge in [0.1, 0.15) is 0 Å². The number of hydrogen-bond donors (Lipinski definition) is 0. The van der Waals surface area contributed by atoms with E-state index in [0.717, 1.165) is 0 Å². The summed E-state index contributed by atoms with van der Waals surface area (Å²) >= 11 is 3.90. The van der Waals surface area contributed by atoms with Crippen LogP contribution in [-0.4, -0.2) is 0 Å². The number of anilines is 3. The molecule has 0 radical (unpaired) electrons. The van der Waals surface area contributed by atoms with Crippen molar-refractivity contribution >= 4 is 90.9 Å². The maximum atomic E-state index is 2.56. The Balaban J connectivity index is 1.16. The predicted molar refractivity (Wildman–Crippen MR) is 240 cm³/mol. The Hall–Kier alpha value is -5.74. The standard InChI is InChI=1S/C52H37NS2/c1-51(2)40-20-10-7-14-32(40)34-26-24-30(28-42(34)51)53(31-25-27-35-33-15-8-11-21-41(33)52(3,4)43(35)29-31)44-22-13-19-39-47-49(55-48(39)44)37-17-6-5-16-36(37)46-38-18-9-12-23-45(38)54-50(46)47/h5-29H,1-4H3. The van der Waals surface area contributed by atoms with Crippen LogP contribution in [0.3, 0.4) is 0 Å². The number of hydrogen-bond acceptors (Lipinski definition) is 3. The van der Waals surface area contributed by atoms with Gasteiger partial charge in [-0.3, -0.25) is 0 Å². The molecule has 0 aliphatic heterocycles. The van der Waals surface area contributed by atoms with Crippen molar-refractivity contribution in [1.82, 2.24) is 0 Å². The molecule has 3 heteroatoms. The van der Waals surface area contributed by atoms with E-state index in [-0.39, 0.29) is 10.8 Å². The van der Waals surface area contributed by atoms with Crippen LogP contribution in [0.25, 0.3) is 73.4 Å². The van der Waals surface area contributed by atoms with E-state index in [2.05, 4.69) is 184 Å². The molecule has 0 saturated carbocycles. The summed E-state index contributed by atoms with van der Waals surface area (Å²) in [5.74, 6) is 0. The summed E-state index contributed by atoms with van der Waals surface area (Å²) in [6, 6.07) is 57.3. The van der Waals surface area contributed by atoms with Gasteiger partial charge in [-0.2, -0.15) is 0 Å². The van der Waals surface area contributed by atoms with Crippen molar-refractivity contribution in [2.45, 2.75) is 38.5 Å². The van der Waals surface area contributed by atoms with Crippen LogP contribution in [0.4, 0.5) is 17.1 Å². The summed E-state index contributed by atoms with van der Waals surface area (Å²) in [6.45, 7) is 9.54. The average molecular weight is 740 g/mol. The molecule has 2 aliphatic rings. The van der Waals surface area contributed by atoms with Gasteiger partial charge >= 0.3 is 0 Å². The number of nitrogens with zero attached hydrogens (tertiary/aromatic N) is 1. The second-order valence-corrected chi connectivity index (χ2v) is 18.5. The van der Waals surface area contributed by atoms with Gasteiger partial charge in [-0.25, -0.2) is 0 Å². The number of rotatable bonds is 3. The summed E-state index contributed by atoms with van der Waals surface area (Å²) in [6.07, 6.45) is 0. The number of benzene rings is 8. The monoisotopic (exact) mass is 739 g/mol. The topological polar surface area (TPSA) is 3.24 Å². The van der Waals surface area contributed by atoms with Crippen LogP contribution in [0.15, 0.2) is 152 Å². The lowest BCUT2D eigenvalue weighted by Crippen LogP contribution is -2.18. The highest BCUT2D eigenvalue weighted by molar-refractivity contribution is 7.30. The highest BCUT2D eigenvalue weighted by Crippen LogP contribution is 2.56. The largest absolute Gasteiger partial charge is 0.309 e. The van der Waals surface area contributed by atoms with Crippen LogP contribution >= 0.6 is 22.7 Å². The fourth-order valence-electron chi connectivity index (χ4n) is 10.2. The fourth-order valence-corrected chi connectivity index (χ4v) is 12.9. The smallest absolute Gasteiger partial charge is 0.0640 e.